The Labute approximate surface area is 157 Å². The quantitative estimate of drug-likeness (QED) is 0.741. The Bertz CT molecular complexity index is 1110. The molecule has 9 heteroatoms. The Morgan fingerprint density at radius 3 is 2.92 bits per heavy atom. The van der Waals surface area contributed by atoms with Crippen LogP contribution in [-0.2, 0) is 4.79 Å². The second-order valence-electron chi connectivity index (χ2n) is 5.46. The number of carbonyl (C=O) groups is 1. The molecule has 2 heterocycles. The molecule has 0 saturated heterocycles. The predicted molar refractivity (Wildman–Crippen MR) is 99.4 cm³/mol. The highest BCUT2D eigenvalue weighted by atomic mass is 35.5. The van der Waals surface area contributed by atoms with Gasteiger partial charge in [-0.05, 0) is 37.6 Å². The van der Waals surface area contributed by atoms with Crippen molar-refractivity contribution in [3.8, 4) is 11.8 Å². The van der Waals surface area contributed by atoms with E-state index in [9.17, 15) is 9.59 Å². The summed E-state index contributed by atoms with van der Waals surface area (Å²) >= 11 is 7.42. The monoisotopic (exact) mass is 388 g/mol. The van der Waals surface area contributed by atoms with E-state index in [-0.39, 0.29) is 22.9 Å². The van der Waals surface area contributed by atoms with Gasteiger partial charge in [0.2, 0.25) is 0 Å². The topological polar surface area (TPSA) is 97.0 Å². The lowest BCUT2D eigenvalue weighted by atomic mass is 10.2. The predicted octanol–water partition coefficient (Wildman–Crippen LogP) is 2.75. The summed E-state index contributed by atoms with van der Waals surface area (Å²) in [7, 11) is 0. The van der Waals surface area contributed by atoms with Gasteiger partial charge in [-0.2, -0.15) is 5.26 Å². The van der Waals surface area contributed by atoms with Crippen LogP contribution in [0.3, 0.4) is 0 Å². The molecular formula is C17H13ClN4O3S. The summed E-state index contributed by atoms with van der Waals surface area (Å²) in [6.07, 6.45) is 1.27. The molecule has 132 valence electrons. The fourth-order valence-electron chi connectivity index (χ4n) is 2.31. The van der Waals surface area contributed by atoms with E-state index in [0.29, 0.717) is 15.8 Å². The lowest BCUT2D eigenvalue weighted by Gasteiger charge is -2.10. The summed E-state index contributed by atoms with van der Waals surface area (Å²) < 4.78 is 6.37. The zero-order chi connectivity index (χ0) is 18.8. The maximum atomic E-state index is 12.5. The lowest BCUT2D eigenvalue weighted by Crippen LogP contribution is -2.35. The molecule has 0 radical (unpaired) electrons. The summed E-state index contributed by atoms with van der Waals surface area (Å²) in [5.74, 6) is -0.274. The zero-order valence-electron chi connectivity index (χ0n) is 13.9. The molecular weight excluding hydrogens is 376 g/mol. The largest absolute Gasteiger partial charge is 0.482 e. The molecule has 1 amide bonds. The van der Waals surface area contributed by atoms with Gasteiger partial charge >= 0.3 is 0 Å². The molecule has 2 aromatic heterocycles. The number of rotatable bonds is 4. The summed E-state index contributed by atoms with van der Waals surface area (Å²) in [4.78, 5) is 30.4. The van der Waals surface area contributed by atoms with Crippen LogP contribution < -0.4 is 15.7 Å². The van der Waals surface area contributed by atoms with Crippen molar-refractivity contribution in [2.24, 2.45) is 0 Å². The normalized spacial score (nSPS) is 10.5. The fraction of sp³-hybridized carbons (Fsp3) is 0.176. The highest BCUT2D eigenvalue weighted by Crippen LogP contribution is 2.26. The number of halogens is 1. The van der Waals surface area contributed by atoms with Gasteiger partial charge in [0.1, 0.15) is 16.9 Å². The number of benzene rings is 1. The maximum absolute atomic E-state index is 12.5. The Kier molecular flexibility index (Phi) is 4.93. The third-order valence-electron chi connectivity index (χ3n) is 3.75. The number of hydrogen-bond acceptors (Lipinski definition) is 6. The number of nitrogens with one attached hydrogen (secondary N) is 1. The Morgan fingerprint density at radius 1 is 1.46 bits per heavy atom. The second-order valence-corrected chi connectivity index (χ2v) is 7.07. The number of carbonyl (C=O) groups excluding carboxylic acids is 1. The molecule has 26 heavy (non-hydrogen) atoms. The molecule has 0 fully saturated rings. The van der Waals surface area contributed by atoms with E-state index in [4.69, 9.17) is 21.6 Å². The smallest absolute Gasteiger partial charge is 0.281 e. The van der Waals surface area contributed by atoms with Crippen molar-refractivity contribution in [3.63, 3.8) is 0 Å². The number of nitriles is 1. The highest BCUT2D eigenvalue weighted by Gasteiger charge is 2.14. The number of hydrogen-bond donors (Lipinski definition) is 1. The maximum Gasteiger partial charge on any atom is 0.281 e. The molecule has 0 bridgehead atoms. The number of nitrogens with zero attached hydrogens (tertiary/aromatic N) is 3. The van der Waals surface area contributed by atoms with Crippen molar-refractivity contribution in [1.29, 1.82) is 5.26 Å². The standard InChI is InChI=1S/C17H13ClN4O3S/c1-9-10(2)26-16-15(9)17(24)22(8-20-16)21-14(23)7-25-13-4-3-11(6-19)5-12(13)18/h3-5,8H,7H2,1-2H3,(H,21,23). The van der Waals surface area contributed by atoms with Crippen LogP contribution in [0.1, 0.15) is 16.0 Å². The van der Waals surface area contributed by atoms with Crippen LogP contribution >= 0.6 is 22.9 Å². The van der Waals surface area contributed by atoms with Gasteiger partial charge in [0.05, 0.1) is 22.0 Å². The van der Waals surface area contributed by atoms with Crippen molar-refractivity contribution in [3.05, 3.63) is 55.9 Å². The minimum Gasteiger partial charge on any atom is -0.482 e. The van der Waals surface area contributed by atoms with E-state index in [1.54, 1.807) is 0 Å². The molecule has 0 unspecified atom stereocenters. The number of amides is 1. The average molecular weight is 389 g/mol. The van der Waals surface area contributed by atoms with E-state index in [2.05, 4.69) is 10.4 Å². The van der Waals surface area contributed by atoms with Gasteiger partial charge in [-0.3, -0.25) is 15.0 Å². The average Bonchev–Trinajstić information content (AvgIpc) is 2.91. The van der Waals surface area contributed by atoms with Gasteiger partial charge in [0.15, 0.2) is 6.61 Å². The number of fused-ring (bicyclic) bond motifs is 1. The van der Waals surface area contributed by atoms with Crippen LogP contribution in [0.25, 0.3) is 10.2 Å². The minimum atomic E-state index is -0.543. The number of aromatic nitrogens is 2. The molecule has 0 spiro atoms. The van der Waals surface area contributed by atoms with Crippen LogP contribution in [0.2, 0.25) is 5.02 Å². The molecule has 0 aliphatic carbocycles. The first-order valence-corrected chi connectivity index (χ1v) is 8.70. The van der Waals surface area contributed by atoms with Crippen LogP contribution in [0, 0.1) is 25.2 Å². The SMILES string of the molecule is Cc1sc2ncn(NC(=O)COc3ccc(C#N)cc3Cl)c(=O)c2c1C. The highest BCUT2D eigenvalue weighted by molar-refractivity contribution is 7.18. The summed E-state index contributed by atoms with van der Waals surface area (Å²) in [6.45, 7) is 3.41. The first-order valence-electron chi connectivity index (χ1n) is 7.50. The van der Waals surface area contributed by atoms with Gasteiger partial charge in [-0.15, -0.1) is 11.3 Å². The number of thiophene rings is 1. The fourth-order valence-corrected chi connectivity index (χ4v) is 3.53. The summed E-state index contributed by atoms with van der Waals surface area (Å²) in [5.41, 5.74) is 3.33. The molecule has 3 aromatic rings. The van der Waals surface area contributed by atoms with Crippen molar-refractivity contribution in [1.82, 2.24) is 9.66 Å². The van der Waals surface area contributed by atoms with Gasteiger partial charge < -0.3 is 4.74 Å². The van der Waals surface area contributed by atoms with E-state index in [0.717, 1.165) is 15.1 Å². The first kappa shape index (κ1) is 17.9. The first-order chi connectivity index (χ1) is 12.4. The van der Waals surface area contributed by atoms with Crippen LogP contribution in [0.4, 0.5) is 0 Å². The third kappa shape index (κ3) is 3.40. The van der Waals surface area contributed by atoms with Gasteiger partial charge in [0.25, 0.3) is 11.5 Å². The van der Waals surface area contributed by atoms with Crippen LogP contribution in [-0.4, -0.2) is 22.2 Å². The molecule has 1 aromatic carbocycles. The number of aryl methyl sites for hydroxylation is 2. The number of ether oxygens (including phenoxy) is 1. The molecule has 7 nitrogen and oxygen atoms in total. The van der Waals surface area contributed by atoms with E-state index in [1.165, 1.54) is 35.9 Å². The summed E-state index contributed by atoms with van der Waals surface area (Å²) in [5, 5.41) is 9.52. The Hall–Kier alpha value is -2.89. The van der Waals surface area contributed by atoms with Gasteiger partial charge in [-0.1, -0.05) is 11.6 Å². The lowest BCUT2D eigenvalue weighted by molar-refractivity contribution is -0.119. The Morgan fingerprint density at radius 2 is 2.23 bits per heavy atom. The van der Waals surface area contributed by atoms with Crippen molar-refractivity contribution in [2.45, 2.75) is 13.8 Å². The molecule has 0 atom stereocenters. The van der Waals surface area contributed by atoms with E-state index in [1.807, 2.05) is 19.9 Å². The van der Waals surface area contributed by atoms with Gasteiger partial charge in [0, 0.05) is 4.88 Å². The molecule has 0 saturated carbocycles. The third-order valence-corrected chi connectivity index (χ3v) is 5.17. The second kappa shape index (κ2) is 7.15. The minimum absolute atomic E-state index is 0.224. The molecule has 1 N–H and O–H groups in total. The van der Waals surface area contributed by atoms with Crippen molar-refractivity contribution < 1.29 is 9.53 Å². The summed E-state index contributed by atoms with van der Waals surface area (Å²) in [6, 6.07) is 6.44. The molecule has 3 rings (SSSR count). The molecule has 0 aliphatic rings. The van der Waals surface area contributed by atoms with Crippen LogP contribution in [0.15, 0.2) is 29.3 Å². The Balaban J connectivity index is 1.74. The zero-order valence-corrected chi connectivity index (χ0v) is 15.4. The van der Waals surface area contributed by atoms with E-state index >= 15 is 0 Å². The van der Waals surface area contributed by atoms with Crippen molar-refractivity contribution >= 4 is 39.1 Å². The van der Waals surface area contributed by atoms with Crippen molar-refractivity contribution in [2.75, 3.05) is 12.0 Å². The van der Waals surface area contributed by atoms with Crippen LogP contribution in [0.5, 0.6) is 5.75 Å². The van der Waals surface area contributed by atoms with E-state index < -0.39 is 5.91 Å². The van der Waals surface area contributed by atoms with Gasteiger partial charge in [-0.25, -0.2) is 9.66 Å². The molecule has 0 aliphatic heterocycles.